The van der Waals surface area contributed by atoms with E-state index in [9.17, 15) is 9.59 Å². The average Bonchev–Trinajstić information content (AvgIpc) is 3.44. The Labute approximate surface area is 179 Å². The van der Waals surface area contributed by atoms with Gasteiger partial charge in [0.25, 0.3) is 11.5 Å². The molecule has 3 aromatic heterocycles. The van der Waals surface area contributed by atoms with Gasteiger partial charge in [0.15, 0.2) is 0 Å². The van der Waals surface area contributed by atoms with Crippen LogP contribution in [0.15, 0.2) is 52.8 Å². The number of amides is 1. The summed E-state index contributed by atoms with van der Waals surface area (Å²) in [5.41, 5.74) is 2.68. The van der Waals surface area contributed by atoms with Crippen molar-refractivity contribution in [1.82, 2.24) is 19.4 Å². The number of aromatic nitrogens is 2. The summed E-state index contributed by atoms with van der Waals surface area (Å²) in [6, 6.07) is 12.0. The normalized spacial score (nSPS) is 20.4. The van der Waals surface area contributed by atoms with Crippen molar-refractivity contribution in [3.05, 3.63) is 80.2 Å². The monoisotopic (exact) mass is 422 g/mol. The fraction of sp³-hybridized carbons (Fsp3) is 0.391. The second kappa shape index (κ2) is 7.89. The molecule has 1 N–H and O–H groups in total. The van der Waals surface area contributed by atoms with Crippen LogP contribution >= 0.6 is 11.3 Å². The molecule has 6 nitrogen and oxygen atoms in total. The predicted octanol–water partition coefficient (Wildman–Crippen LogP) is 3.13. The van der Waals surface area contributed by atoms with Crippen LogP contribution in [0.1, 0.15) is 39.0 Å². The van der Waals surface area contributed by atoms with Crippen molar-refractivity contribution in [1.29, 1.82) is 0 Å². The highest BCUT2D eigenvalue weighted by atomic mass is 32.1. The average molecular weight is 423 g/mol. The lowest BCUT2D eigenvalue weighted by Crippen LogP contribution is -2.49. The Balaban J connectivity index is 1.34. The topological polar surface area (TPSA) is 61.3 Å². The lowest BCUT2D eigenvalue weighted by Gasteiger charge is -2.42. The van der Waals surface area contributed by atoms with Crippen LogP contribution in [-0.2, 0) is 19.6 Å². The Morgan fingerprint density at radius 1 is 1.17 bits per heavy atom. The highest BCUT2D eigenvalue weighted by Crippen LogP contribution is 2.35. The van der Waals surface area contributed by atoms with Crippen LogP contribution in [0, 0.1) is 5.92 Å². The fourth-order valence-electron chi connectivity index (χ4n) is 4.93. The summed E-state index contributed by atoms with van der Waals surface area (Å²) in [6.07, 6.45) is 2.83. The summed E-state index contributed by atoms with van der Waals surface area (Å²) in [6.45, 7) is 3.57. The third-order valence-corrected chi connectivity index (χ3v) is 7.11. The lowest BCUT2D eigenvalue weighted by molar-refractivity contribution is 0.0589. The number of likely N-dealkylation sites (tertiary alicyclic amines) is 1. The highest BCUT2D eigenvalue weighted by molar-refractivity contribution is 7.09. The van der Waals surface area contributed by atoms with E-state index < -0.39 is 0 Å². The first kappa shape index (κ1) is 19.3. The van der Waals surface area contributed by atoms with Gasteiger partial charge in [0.1, 0.15) is 5.69 Å². The van der Waals surface area contributed by atoms with Gasteiger partial charge >= 0.3 is 0 Å². The van der Waals surface area contributed by atoms with Gasteiger partial charge in [-0.3, -0.25) is 14.5 Å². The molecule has 2 atom stereocenters. The third kappa shape index (κ3) is 3.63. The van der Waals surface area contributed by atoms with Crippen molar-refractivity contribution in [2.75, 3.05) is 20.1 Å². The van der Waals surface area contributed by atoms with Crippen LogP contribution in [0.5, 0.6) is 0 Å². The number of hydrogen-bond acceptors (Lipinski definition) is 4. The van der Waals surface area contributed by atoms with Gasteiger partial charge in [-0.05, 0) is 49.0 Å². The van der Waals surface area contributed by atoms with Gasteiger partial charge in [-0.1, -0.05) is 12.1 Å². The van der Waals surface area contributed by atoms with E-state index in [-0.39, 0.29) is 17.4 Å². The molecule has 0 spiro atoms. The Kier molecular flexibility index (Phi) is 5.08. The molecule has 0 unspecified atom stereocenters. The van der Waals surface area contributed by atoms with Crippen molar-refractivity contribution >= 4 is 17.2 Å². The molecule has 0 aromatic carbocycles. The van der Waals surface area contributed by atoms with Gasteiger partial charge in [0.2, 0.25) is 0 Å². The molecule has 2 bridgehead atoms. The number of piperidine rings is 1. The summed E-state index contributed by atoms with van der Waals surface area (Å²) in [5.74, 6) is 0.603. The minimum atomic E-state index is 0.0531. The van der Waals surface area contributed by atoms with E-state index in [0.717, 1.165) is 24.2 Å². The van der Waals surface area contributed by atoms with Gasteiger partial charge in [-0.2, -0.15) is 0 Å². The molecule has 5 rings (SSSR count). The molecule has 2 aliphatic rings. The van der Waals surface area contributed by atoms with Crippen LogP contribution < -0.4 is 5.56 Å². The second-order valence-electron chi connectivity index (χ2n) is 8.54. The predicted molar refractivity (Wildman–Crippen MR) is 118 cm³/mol. The second-order valence-corrected chi connectivity index (χ2v) is 9.58. The molecule has 1 amide bonds. The fourth-order valence-corrected chi connectivity index (χ4v) is 5.71. The van der Waals surface area contributed by atoms with Crippen molar-refractivity contribution in [3.8, 4) is 0 Å². The zero-order valence-electron chi connectivity index (χ0n) is 17.1. The number of carbonyl (C=O) groups is 1. The SMILES string of the molecule is CN(Cc1cccs1)Cc1ccc2n(c1=O)C[C@H]1C[C@@H]2CN(C(=O)c2ccc[nH]2)C1. The molecule has 1 fully saturated rings. The Morgan fingerprint density at radius 3 is 2.83 bits per heavy atom. The number of rotatable bonds is 5. The molecule has 5 heterocycles. The highest BCUT2D eigenvalue weighted by Gasteiger charge is 2.37. The smallest absolute Gasteiger partial charge is 0.270 e. The van der Waals surface area contributed by atoms with E-state index in [4.69, 9.17) is 0 Å². The summed E-state index contributed by atoms with van der Waals surface area (Å²) in [4.78, 5) is 34.5. The molecule has 2 aliphatic heterocycles. The summed E-state index contributed by atoms with van der Waals surface area (Å²) >= 11 is 1.74. The van der Waals surface area contributed by atoms with E-state index in [0.29, 0.717) is 37.8 Å². The molecule has 7 heteroatoms. The van der Waals surface area contributed by atoms with Crippen molar-refractivity contribution in [2.24, 2.45) is 5.92 Å². The van der Waals surface area contributed by atoms with E-state index in [1.54, 1.807) is 17.5 Å². The van der Waals surface area contributed by atoms with E-state index in [1.807, 2.05) is 27.7 Å². The minimum absolute atomic E-state index is 0.0531. The van der Waals surface area contributed by atoms with Gasteiger partial charge in [-0.15, -0.1) is 11.3 Å². The number of H-pyrrole nitrogens is 1. The first-order valence-corrected chi connectivity index (χ1v) is 11.3. The van der Waals surface area contributed by atoms with Crippen molar-refractivity contribution in [2.45, 2.75) is 32.0 Å². The zero-order chi connectivity index (χ0) is 20.7. The number of hydrogen-bond donors (Lipinski definition) is 1. The maximum Gasteiger partial charge on any atom is 0.270 e. The van der Waals surface area contributed by atoms with Gasteiger partial charge in [-0.25, -0.2) is 0 Å². The van der Waals surface area contributed by atoms with Gasteiger partial charge < -0.3 is 14.5 Å². The van der Waals surface area contributed by atoms with Crippen molar-refractivity contribution < 1.29 is 4.79 Å². The molecule has 156 valence electrons. The third-order valence-electron chi connectivity index (χ3n) is 6.24. The van der Waals surface area contributed by atoms with E-state index >= 15 is 0 Å². The van der Waals surface area contributed by atoms with E-state index in [1.165, 1.54) is 4.88 Å². The minimum Gasteiger partial charge on any atom is -0.357 e. The number of nitrogens with one attached hydrogen (secondary N) is 1. The number of carbonyl (C=O) groups excluding carboxylic acids is 1. The van der Waals surface area contributed by atoms with E-state index in [2.05, 4.69) is 40.5 Å². The first-order valence-electron chi connectivity index (χ1n) is 10.4. The Bertz CT molecular complexity index is 1090. The molecule has 3 aromatic rings. The quantitative estimate of drug-likeness (QED) is 0.687. The molecule has 30 heavy (non-hydrogen) atoms. The van der Waals surface area contributed by atoms with Crippen LogP contribution in [0.4, 0.5) is 0 Å². The summed E-state index contributed by atoms with van der Waals surface area (Å²) < 4.78 is 1.98. The zero-order valence-corrected chi connectivity index (χ0v) is 17.9. The molecule has 1 saturated heterocycles. The first-order chi connectivity index (χ1) is 14.6. The number of nitrogens with zero attached hydrogens (tertiary/aromatic N) is 3. The molecular weight excluding hydrogens is 396 g/mol. The maximum atomic E-state index is 13.2. The van der Waals surface area contributed by atoms with Gasteiger partial charge in [0, 0.05) is 61.0 Å². The van der Waals surface area contributed by atoms with Crippen LogP contribution in [0.2, 0.25) is 0 Å². The van der Waals surface area contributed by atoms with Gasteiger partial charge in [0.05, 0.1) is 0 Å². The van der Waals surface area contributed by atoms with Crippen LogP contribution in [0.25, 0.3) is 0 Å². The summed E-state index contributed by atoms with van der Waals surface area (Å²) in [7, 11) is 2.06. The standard InChI is InChI=1S/C23H26N4O2S/c1-25(15-19-4-3-9-30-19)13-17-6-7-21-18-10-16(12-27(21)22(17)28)11-26(14-18)23(29)20-5-2-8-24-20/h2-9,16,18,24H,10-15H2,1H3/t16-,18+/m0/s1. The number of thiophene rings is 1. The number of pyridine rings is 1. The lowest BCUT2D eigenvalue weighted by atomic mass is 9.83. The Hall–Kier alpha value is -2.64. The number of aromatic amines is 1. The van der Waals surface area contributed by atoms with Crippen LogP contribution in [-0.4, -0.2) is 45.4 Å². The van der Waals surface area contributed by atoms with Crippen molar-refractivity contribution in [3.63, 3.8) is 0 Å². The molecule has 0 aliphatic carbocycles. The molecule has 0 saturated carbocycles. The largest absolute Gasteiger partial charge is 0.357 e. The molecule has 0 radical (unpaired) electrons. The number of fused-ring (bicyclic) bond motifs is 4. The Morgan fingerprint density at radius 2 is 2.07 bits per heavy atom. The maximum absolute atomic E-state index is 13.2. The van der Waals surface area contributed by atoms with Crippen LogP contribution in [0.3, 0.4) is 0 Å². The molecular formula is C23H26N4O2S. The summed E-state index contributed by atoms with van der Waals surface area (Å²) in [5, 5.41) is 2.08.